The minimum atomic E-state index is -0.821. The van der Waals surface area contributed by atoms with Crippen molar-refractivity contribution in [1.29, 1.82) is 0 Å². The van der Waals surface area contributed by atoms with Gasteiger partial charge in [0.1, 0.15) is 0 Å². The van der Waals surface area contributed by atoms with Gasteiger partial charge in [-0.1, -0.05) is 6.07 Å². The number of benzene rings is 1. The van der Waals surface area contributed by atoms with Crippen LogP contribution in [0.15, 0.2) is 53.5 Å². The lowest BCUT2D eigenvalue weighted by molar-refractivity contribution is 0.0903. The maximum atomic E-state index is 11.9. The van der Waals surface area contributed by atoms with E-state index >= 15 is 0 Å². The van der Waals surface area contributed by atoms with Crippen LogP contribution < -0.4 is 10.9 Å². The third-order valence-electron chi connectivity index (χ3n) is 2.91. The predicted octanol–water partition coefficient (Wildman–Crippen LogP) is 1.24. The number of carbonyl (C=O) groups excluding carboxylic acids is 1. The van der Waals surface area contributed by atoms with Crippen LogP contribution in [0.5, 0.6) is 0 Å². The first-order valence-corrected chi connectivity index (χ1v) is 7.51. The van der Waals surface area contributed by atoms with Crippen LogP contribution >= 0.6 is 22.6 Å². The van der Waals surface area contributed by atoms with E-state index in [9.17, 15) is 14.7 Å². The maximum Gasteiger partial charge on any atom is 0.251 e. The van der Waals surface area contributed by atoms with Gasteiger partial charge in [-0.05, 0) is 52.9 Å². The van der Waals surface area contributed by atoms with Crippen molar-refractivity contribution < 1.29 is 9.90 Å². The maximum absolute atomic E-state index is 11.9. The Labute approximate surface area is 135 Å². The van der Waals surface area contributed by atoms with Gasteiger partial charge in [-0.15, -0.1) is 0 Å². The van der Waals surface area contributed by atoms with E-state index < -0.39 is 6.10 Å². The molecule has 2 aromatic rings. The normalized spacial score (nSPS) is 11.9. The number of carbonyl (C=O) groups is 1. The van der Waals surface area contributed by atoms with Gasteiger partial charge in [0.15, 0.2) is 0 Å². The summed E-state index contributed by atoms with van der Waals surface area (Å²) in [5, 5.41) is 12.5. The Bertz CT molecular complexity index is 667. The van der Waals surface area contributed by atoms with Gasteiger partial charge in [0.2, 0.25) is 0 Å². The SMILES string of the molecule is O=C(NCC(O)Cn1ccccc1=O)c1ccc(I)cc1. The van der Waals surface area contributed by atoms with Crippen LogP contribution in [-0.4, -0.2) is 28.2 Å². The largest absolute Gasteiger partial charge is 0.389 e. The number of nitrogens with zero attached hydrogens (tertiary/aromatic N) is 1. The Morgan fingerprint density at radius 1 is 1.24 bits per heavy atom. The van der Waals surface area contributed by atoms with Crippen molar-refractivity contribution in [3.05, 3.63) is 68.1 Å². The molecule has 6 heteroatoms. The molecule has 2 N–H and O–H groups in total. The minimum absolute atomic E-state index is 0.0894. The fraction of sp³-hybridized carbons (Fsp3) is 0.200. The predicted molar refractivity (Wildman–Crippen MR) is 88.2 cm³/mol. The number of pyridine rings is 1. The van der Waals surface area contributed by atoms with Crippen molar-refractivity contribution >= 4 is 28.5 Å². The van der Waals surface area contributed by atoms with Crippen LogP contribution in [0.4, 0.5) is 0 Å². The van der Waals surface area contributed by atoms with Gasteiger partial charge in [0.25, 0.3) is 11.5 Å². The molecule has 1 heterocycles. The molecule has 21 heavy (non-hydrogen) atoms. The van der Waals surface area contributed by atoms with E-state index in [0.29, 0.717) is 5.56 Å². The number of aliphatic hydroxyl groups is 1. The molecular formula is C15H15IN2O3. The van der Waals surface area contributed by atoms with Crippen LogP contribution in [0.2, 0.25) is 0 Å². The summed E-state index contributed by atoms with van der Waals surface area (Å²) in [7, 11) is 0. The molecule has 1 atom stereocenters. The molecule has 0 fully saturated rings. The summed E-state index contributed by atoms with van der Waals surface area (Å²) >= 11 is 2.16. The molecule has 0 saturated carbocycles. The minimum Gasteiger partial charge on any atom is -0.389 e. The van der Waals surface area contributed by atoms with Crippen LogP contribution in [0.1, 0.15) is 10.4 Å². The van der Waals surface area contributed by atoms with E-state index in [-0.39, 0.29) is 24.6 Å². The Hall–Kier alpha value is -1.67. The second-order valence-electron chi connectivity index (χ2n) is 4.56. The smallest absolute Gasteiger partial charge is 0.251 e. The first-order chi connectivity index (χ1) is 10.1. The van der Waals surface area contributed by atoms with Crippen LogP contribution in [-0.2, 0) is 6.54 Å². The lowest BCUT2D eigenvalue weighted by atomic mass is 10.2. The summed E-state index contributed by atoms with van der Waals surface area (Å²) in [6.45, 7) is 0.235. The number of hydrogen-bond acceptors (Lipinski definition) is 3. The lowest BCUT2D eigenvalue weighted by Crippen LogP contribution is -2.36. The van der Waals surface area contributed by atoms with E-state index in [1.165, 1.54) is 10.6 Å². The average Bonchev–Trinajstić information content (AvgIpc) is 2.48. The molecule has 5 nitrogen and oxygen atoms in total. The van der Waals surface area contributed by atoms with Gasteiger partial charge in [-0.2, -0.15) is 0 Å². The second kappa shape index (κ2) is 7.37. The van der Waals surface area contributed by atoms with E-state index in [2.05, 4.69) is 27.9 Å². The van der Waals surface area contributed by atoms with E-state index in [0.717, 1.165) is 3.57 Å². The van der Waals surface area contributed by atoms with Crippen LogP contribution in [0.25, 0.3) is 0 Å². The van der Waals surface area contributed by atoms with E-state index in [4.69, 9.17) is 0 Å². The molecule has 2 rings (SSSR count). The Kier molecular flexibility index (Phi) is 5.51. The second-order valence-corrected chi connectivity index (χ2v) is 5.81. The Morgan fingerprint density at radius 3 is 2.62 bits per heavy atom. The third-order valence-corrected chi connectivity index (χ3v) is 3.63. The molecule has 0 aliphatic carbocycles. The zero-order chi connectivity index (χ0) is 15.2. The molecule has 1 unspecified atom stereocenters. The average molecular weight is 398 g/mol. The monoisotopic (exact) mass is 398 g/mol. The highest BCUT2D eigenvalue weighted by molar-refractivity contribution is 14.1. The first-order valence-electron chi connectivity index (χ1n) is 6.43. The molecule has 0 saturated heterocycles. The molecule has 1 aromatic carbocycles. The zero-order valence-corrected chi connectivity index (χ0v) is 13.4. The quantitative estimate of drug-likeness (QED) is 0.745. The number of nitrogens with one attached hydrogen (secondary N) is 1. The molecule has 0 aliphatic heterocycles. The fourth-order valence-electron chi connectivity index (χ4n) is 1.82. The number of amides is 1. The van der Waals surface area contributed by atoms with Gasteiger partial charge in [0, 0.05) is 27.9 Å². The fourth-order valence-corrected chi connectivity index (χ4v) is 2.18. The topological polar surface area (TPSA) is 71.3 Å². The summed E-state index contributed by atoms with van der Waals surface area (Å²) in [5.41, 5.74) is 0.361. The third kappa shape index (κ3) is 4.68. The molecule has 0 bridgehead atoms. The number of hydrogen-bond donors (Lipinski definition) is 2. The number of halogens is 1. The summed E-state index contributed by atoms with van der Waals surface area (Å²) < 4.78 is 2.45. The summed E-state index contributed by atoms with van der Waals surface area (Å²) in [6.07, 6.45) is 0.782. The zero-order valence-electron chi connectivity index (χ0n) is 11.2. The van der Waals surface area contributed by atoms with Gasteiger partial charge >= 0.3 is 0 Å². The van der Waals surface area contributed by atoms with Crippen molar-refractivity contribution in [3.63, 3.8) is 0 Å². The van der Waals surface area contributed by atoms with Gasteiger partial charge < -0.3 is 15.0 Å². The Balaban J connectivity index is 1.88. The van der Waals surface area contributed by atoms with Gasteiger partial charge in [-0.25, -0.2) is 0 Å². The summed E-state index contributed by atoms with van der Waals surface area (Å²) in [5.74, 6) is -0.245. The van der Waals surface area contributed by atoms with Crippen LogP contribution in [0, 0.1) is 3.57 Å². The molecule has 110 valence electrons. The highest BCUT2D eigenvalue weighted by Gasteiger charge is 2.10. The first kappa shape index (κ1) is 15.7. The van der Waals surface area contributed by atoms with Crippen molar-refractivity contribution in [2.24, 2.45) is 0 Å². The van der Waals surface area contributed by atoms with Crippen LogP contribution in [0.3, 0.4) is 0 Å². The molecule has 1 aromatic heterocycles. The Morgan fingerprint density at radius 2 is 1.95 bits per heavy atom. The highest BCUT2D eigenvalue weighted by atomic mass is 127. The molecule has 1 amide bonds. The highest BCUT2D eigenvalue weighted by Crippen LogP contribution is 2.06. The van der Waals surface area contributed by atoms with Crippen molar-refractivity contribution in [3.8, 4) is 0 Å². The van der Waals surface area contributed by atoms with Gasteiger partial charge in [0.05, 0.1) is 12.6 Å². The molecule has 0 aliphatic rings. The van der Waals surface area contributed by atoms with Crippen molar-refractivity contribution in [2.75, 3.05) is 6.54 Å². The van der Waals surface area contributed by atoms with Gasteiger partial charge in [-0.3, -0.25) is 9.59 Å². The summed E-state index contributed by atoms with van der Waals surface area (Å²) in [6, 6.07) is 11.9. The van der Waals surface area contributed by atoms with E-state index in [1.807, 2.05) is 12.1 Å². The lowest BCUT2D eigenvalue weighted by Gasteiger charge is -2.13. The molecule has 0 radical (unpaired) electrons. The number of aliphatic hydroxyl groups excluding tert-OH is 1. The molecule has 0 spiro atoms. The number of rotatable bonds is 5. The summed E-state index contributed by atoms with van der Waals surface area (Å²) in [4.78, 5) is 23.4. The van der Waals surface area contributed by atoms with Crippen molar-refractivity contribution in [1.82, 2.24) is 9.88 Å². The van der Waals surface area contributed by atoms with Crippen molar-refractivity contribution in [2.45, 2.75) is 12.6 Å². The standard InChI is InChI=1S/C15H15IN2O3/c16-12-6-4-11(5-7-12)15(21)17-9-13(19)10-18-8-2-1-3-14(18)20/h1-8,13,19H,9-10H2,(H,17,21). The number of aromatic nitrogens is 1. The van der Waals surface area contributed by atoms with E-state index in [1.54, 1.807) is 30.5 Å². The molecular weight excluding hydrogens is 383 g/mol.